The quantitative estimate of drug-likeness (QED) is 0.825. The number of nitriles is 1. The van der Waals surface area contributed by atoms with Crippen LogP contribution in [0.5, 0.6) is 5.75 Å². The van der Waals surface area contributed by atoms with E-state index < -0.39 is 17.5 Å². The van der Waals surface area contributed by atoms with Crippen molar-refractivity contribution in [2.45, 2.75) is 26.3 Å². The molecule has 2 rings (SSSR count). The van der Waals surface area contributed by atoms with Crippen molar-refractivity contribution in [2.75, 3.05) is 7.11 Å². The Hall–Kier alpha value is -2.55. The van der Waals surface area contributed by atoms with Crippen molar-refractivity contribution < 1.29 is 14.3 Å². The van der Waals surface area contributed by atoms with Gasteiger partial charge < -0.3 is 10.1 Å². The lowest BCUT2D eigenvalue weighted by molar-refractivity contribution is -0.125. The van der Waals surface area contributed by atoms with Gasteiger partial charge in [0.1, 0.15) is 5.75 Å². The van der Waals surface area contributed by atoms with Gasteiger partial charge in [-0.05, 0) is 30.5 Å². The highest BCUT2D eigenvalue weighted by Crippen LogP contribution is 2.39. The molecule has 1 aromatic carbocycles. The normalized spacial score (nSPS) is 21.0. The van der Waals surface area contributed by atoms with Crippen molar-refractivity contribution in [3.05, 3.63) is 28.8 Å². The summed E-state index contributed by atoms with van der Waals surface area (Å²) in [5, 5.41) is 14.1. The van der Waals surface area contributed by atoms with Gasteiger partial charge in [-0.3, -0.25) is 10.1 Å². The standard InChI is InChI=1S/C15H17N3O3/c1-8(2)15(13(19)17-14(20)18-15)11-5-9(3)10(7-16)6-12(11)21-4/h5-6,8H,1-4H3,(H2,17,18,19,20). The van der Waals surface area contributed by atoms with Gasteiger partial charge in [0.15, 0.2) is 5.54 Å². The number of rotatable bonds is 3. The molecule has 1 aliphatic heterocycles. The summed E-state index contributed by atoms with van der Waals surface area (Å²) < 4.78 is 5.33. The zero-order valence-electron chi connectivity index (χ0n) is 12.4. The van der Waals surface area contributed by atoms with Crippen LogP contribution in [0.3, 0.4) is 0 Å². The highest BCUT2D eigenvalue weighted by Gasteiger charge is 2.51. The molecule has 1 saturated heterocycles. The molecule has 0 radical (unpaired) electrons. The summed E-state index contributed by atoms with van der Waals surface area (Å²) in [5.41, 5.74) is 0.558. The predicted octanol–water partition coefficient (Wildman–Crippen LogP) is 1.57. The number of hydrogen-bond donors (Lipinski definition) is 2. The molecule has 21 heavy (non-hydrogen) atoms. The highest BCUT2D eigenvalue weighted by molar-refractivity contribution is 6.08. The first-order chi connectivity index (χ1) is 9.86. The van der Waals surface area contributed by atoms with Crippen molar-refractivity contribution in [2.24, 2.45) is 5.92 Å². The highest BCUT2D eigenvalue weighted by atomic mass is 16.5. The maximum Gasteiger partial charge on any atom is 0.322 e. The second kappa shape index (κ2) is 5.09. The van der Waals surface area contributed by atoms with Gasteiger partial charge in [-0.25, -0.2) is 4.79 Å². The Labute approximate surface area is 123 Å². The lowest BCUT2D eigenvalue weighted by atomic mass is 9.78. The lowest BCUT2D eigenvalue weighted by Crippen LogP contribution is -2.48. The molecule has 6 nitrogen and oxygen atoms in total. The lowest BCUT2D eigenvalue weighted by Gasteiger charge is -2.32. The Morgan fingerprint density at radius 2 is 2.00 bits per heavy atom. The van der Waals surface area contributed by atoms with E-state index in [-0.39, 0.29) is 5.92 Å². The summed E-state index contributed by atoms with van der Waals surface area (Å²) in [7, 11) is 1.47. The number of amides is 3. The summed E-state index contributed by atoms with van der Waals surface area (Å²) in [6.45, 7) is 5.47. The van der Waals surface area contributed by atoms with E-state index in [1.807, 2.05) is 13.8 Å². The Balaban J connectivity index is 2.73. The number of benzene rings is 1. The van der Waals surface area contributed by atoms with E-state index in [4.69, 9.17) is 10.00 Å². The molecule has 1 aliphatic rings. The van der Waals surface area contributed by atoms with Crippen LogP contribution < -0.4 is 15.4 Å². The molecule has 1 heterocycles. The van der Waals surface area contributed by atoms with E-state index in [1.165, 1.54) is 7.11 Å². The van der Waals surface area contributed by atoms with Crippen molar-refractivity contribution >= 4 is 11.9 Å². The Kier molecular flexibility index (Phi) is 3.60. The fourth-order valence-electron chi connectivity index (χ4n) is 2.66. The average Bonchev–Trinajstić information content (AvgIpc) is 2.74. The molecular weight excluding hydrogens is 270 g/mol. The van der Waals surface area contributed by atoms with Crippen molar-refractivity contribution in [3.8, 4) is 11.8 Å². The summed E-state index contributed by atoms with van der Waals surface area (Å²) in [5.74, 6) is -0.196. The van der Waals surface area contributed by atoms with Gasteiger partial charge in [-0.15, -0.1) is 0 Å². The van der Waals surface area contributed by atoms with Crippen LogP contribution in [0.1, 0.15) is 30.5 Å². The Morgan fingerprint density at radius 1 is 1.33 bits per heavy atom. The third-order valence-corrected chi connectivity index (χ3v) is 3.85. The summed E-state index contributed by atoms with van der Waals surface area (Å²) in [6, 6.07) is 4.87. The Bertz CT molecular complexity index is 661. The maximum absolute atomic E-state index is 12.4. The van der Waals surface area contributed by atoms with Crippen LogP contribution in [0.4, 0.5) is 4.79 Å². The van der Waals surface area contributed by atoms with E-state index in [1.54, 1.807) is 19.1 Å². The molecule has 1 unspecified atom stereocenters. The number of imide groups is 1. The van der Waals surface area contributed by atoms with Gasteiger partial charge in [-0.2, -0.15) is 5.26 Å². The van der Waals surface area contributed by atoms with Crippen LogP contribution in [0.25, 0.3) is 0 Å². The van der Waals surface area contributed by atoms with E-state index in [0.29, 0.717) is 16.9 Å². The molecule has 0 saturated carbocycles. The fraction of sp³-hybridized carbons (Fsp3) is 0.400. The summed E-state index contributed by atoms with van der Waals surface area (Å²) in [6.07, 6.45) is 0. The fourth-order valence-corrected chi connectivity index (χ4v) is 2.66. The van der Waals surface area contributed by atoms with Crippen LogP contribution in [-0.4, -0.2) is 19.0 Å². The molecule has 110 valence electrons. The third kappa shape index (κ3) is 2.11. The second-order valence-electron chi connectivity index (χ2n) is 5.35. The van der Waals surface area contributed by atoms with Crippen molar-refractivity contribution in [1.82, 2.24) is 10.6 Å². The number of nitrogens with zero attached hydrogens (tertiary/aromatic N) is 1. The maximum atomic E-state index is 12.4. The molecule has 1 fully saturated rings. The minimum absolute atomic E-state index is 0.190. The van der Waals surface area contributed by atoms with E-state index in [9.17, 15) is 9.59 Å². The van der Waals surface area contributed by atoms with E-state index >= 15 is 0 Å². The summed E-state index contributed by atoms with van der Waals surface area (Å²) >= 11 is 0. The average molecular weight is 287 g/mol. The topological polar surface area (TPSA) is 91.2 Å². The molecule has 1 aromatic rings. The van der Waals surface area contributed by atoms with Gasteiger partial charge in [0.2, 0.25) is 0 Å². The largest absolute Gasteiger partial charge is 0.496 e. The first-order valence-corrected chi connectivity index (χ1v) is 6.59. The van der Waals surface area contributed by atoms with Crippen LogP contribution in [-0.2, 0) is 10.3 Å². The number of nitrogens with one attached hydrogen (secondary N) is 2. The predicted molar refractivity (Wildman–Crippen MR) is 75.6 cm³/mol. The van der Waals surface area contributed by atoms with Gasteiger partial charge in [0, 0.05) is 5.56 Å². The van der Waals surface area contributed by atoms with Crippen molar-refractivity contribution in [1.29, 1.82) is 5.26 Å². The Morgan fingerprint density at radius 3 is 2.43 bits per heavy atom. The minimum Gasteiger partial charge on any atom is -0.496 e. The smallest absolute Gasteiger partial charge is 0.322 e. The monoisotopic (exact) mass is 287 g/mol. The molecule has 0 spiro atoms. The molecule has 1 atom stereocenters. The third-order valence-electron chi connectivity index (χ3n) is 3.85. The number of carbonyl (C=O) groups is 2. The number of hydrogen-bond acceptors (Lipinski definition) is 4. The molecule has 3 amide bonds. The van der Waals surface area contributed by atoms with Crippen LogP contribution in [0, 0.1) is 24.2 Å². The van der Waals surface area contributed by atoms with E-state index in [0.717, 1.165) is 5.56 Å². The van der Waals surface area contributed by atoms with Gasteiger partial charge >= 0.3 is 6.03 Å². The summed E-state index contributed by atoms with van der Waals surface area (Å²) in [4.78, 5) is 24.0. The first-order valence-electron chi connectivity index (χ1n) is 6.59. The molecule has 0 aromatic heterocycles. The first kappa shape index (κ1) is 14.9. The van der Waals surface area contributed by atoms with Gasteiger partial charge in [-0.1, -0.05) is 13.8 Å². The number of methoxy groups -OCH3 is 1. The molecule has 2 N–H and O–H groups in total. The minimum atomic E-state index is -1.19. The van der Waals surface area contributed by atoms with Gasteiger partial charge in [0.05, 0.1) is 18.7 Å². The van der Waals surface area contributed by atoms with Crippen LogP contribution >= 0.6 is 0 Å². The molecule has 0 aliphatic carbocycles. The van der Waals surface area contributed by atoms with Crippen LogP contribution in [0.15, 0.2) is 12.1 Å². The number of carbonyl (C=O) groups excluding carboxylic acids is 2. The van der Waals surface area contributed by atoms with Crippen molar-refractivity contribution in [3.63, 3.8) is 0 Å². The molecule has 0 bridgehead atoms. The second-order valence-corrected chi connectivity index (χ2v) is 5.35. The van der Waals surface area contributed by atoms with Gasteiger partial charge in [0.25, 0.3) is 5.91 Å². The number of ether oxygens (including phenoxy) is 1. The van der Waals surface area contributed by atoms with E-state index in [2.05, 4.69) is 16.7 Å². The number of aryl methyl sites for hydroxylation is 1. The van der Waals surface area contributed by atoms with Crippen LogP contribution in [0.2, 0.25) is 0 Å². The zero-order valence-corrected chi connectivity index (χ0v) is 12.4. The number of urea groups is 1. The SMILES string of the molecule is COc1cc(C#N)c(C)cc1C1(C(C)C)NC(=O)NC1=O. The molecular formula is C15H17N3O3. The zero-order chi connectivity index (χ0) is 15.8. The molecule has 6 heteroatoms.